The van der Waals surface area contributed by atoms with Gasteiger partial charge in [0.15, 0.2) is 0 Å². The minimum atomic E-state index is -0.466. The molecule has 3 aromatic rings. The van der Waals surface area contributed by atoms with Gasteiger partial charge in [-0.3, -0.25) is 5.43 Å². The van der Waals surface area contributed by atoms with Crippen LogP contribution in [-0.2, 0) is 0 Å². The third-order valence-corrected chi connectivity index (χ3v) is 4.06. The van der Waals surface area contributed by atoms with Crippen LogP contribution in [0.4, 0.5) is 9.52 Å². The Hall–Kier alpha value is -2.24. The van der Waals surface area contributed by atoms with Gasteiger partial charge in [-0.2, -0.15) is 5.10 Å². The minimum absolute atomic E-state index is 0.0529. The molecule has 0 radical (unpaired) electrons. The first-order chi connectivity index (χ1) is 10.7. The Morgan fingerprint density at radius 3 is 2.77 bits per heavy atom. The molecule has 22 heavy (non-hydrogen) atoms. The van der Waals surface area contributed by atoms with E-state index in [0.29, 0.717) is 10.7 Å². The Morgan fingerprint density at radius 1 is 1.14 bits per heavy atom. The minimum Gasteiger partial charge on any atom is -0.253 e. The van der Waals surface area contributed by atoms with Crippen LogP contribution in [0.15, 0.2) is 59.0 Å². The SMILES string of the molecule is Fc1cccc(C=NNc2nc(-c3ccccc3)cs2)c1Cl. The molecule has 0 saturated carbocycles. The van der Waals surface area contributed by atoms with Crippen molar-refractivity contribution in [2.75, 3.05) is 5.43 Å². The number of hydrazone groups is 1. The second kappa shape index (κ2) is 6.68. The molecule has 0 bridgehead atoms. The quantitative estimate of drug-likeness (QED) is 0.536. The van der Waals surface area contributed by atoms with Crippen LogP contribution in [0, 0.1) is 5.82 Å². The highest BCUT2D eigenvalue weighted by molar-refractivity contribution is 7.14. The summed E-state index contributed by atoms with van der Waals surface area (Å²) in [7, 11) is 0. The summed E-state index contributed by atoms with van der Waals surface area (Å²) in [5.74, 6) is -0.466. The van der Waals surface area contributed by atoms with Crippen molar-refractivity contribution in [3.8, 4) is 11.3 Å². The predicted octanol–water partition coefficient (Wildman–Crippen LogP) is 5.05. The molecule has 0 aliphatic rings. The maximum Gasteiger partial charge on any atom is 0.203 e. The van der Waals surface area contributed by atoms with E-state index in [0.717, 1.165) is 11.3 Å². The standard InChI is InChI=1S/C16H11ClFN3S/c17-15-12(7-4-8-13(15)18)9-19-21-16-20-14(10-22-16)11-5-2-1-3-6-11/h1-10H,(H,20,21). The lowest BCUT2D eigenvalue weighted by Gasteiger charge is -1.98. The summed E-state index contributed by atoms with van der Waals surface area (Å²) in [6.45, 7) is 0. The number of hydrogen-bond acceptors (Lipinski definition) is 4. The smallest absolute Gasteiger partial charge is 0.203 e. The fourth-order valence-electron chi connectivity index (χ4n) is 1.84. The molecule has 3 nitrogen and oxygen atoms in total. The van der Waals surface area contributed by atoms with Crippen molar-refractivity contribution < 1.29 is 4.39 Å². The summed E-state index contributed by atoms with van der Waals surface area (Å²) in [5.41, 5.74) is 5.26. The molecule has 0 aliphatic carbocycles. The third kappa shape index (κ3) is 3.32. The third-order valence-electron chi connectivity index (χ3n) is 2.92. The Labute approximate surface area is 136 Å². The summed E-state index contributed by atoms with van der Waals surface area (Å²) in [6.07, 6.45) is 1.47. The highest BCUT2D eigenvalue weighted by Crippen LogP contribution is 2.24. The molecule has 1 heterocycles. The van der Waals surface area contributed by atoms with E-state index >= 15 is 0 Å². The first kappa shape index (κ1) is 14.7. The van der Waals surface area contributed by atoms with Gasteiger partial charge in [-0.1, -0.05) is 54.1 Å². The van der Waals surface area contributed by atoms with E-state index < -0.39 is 5.82 Å². The number of rotatable bonds is 4. The van der Waals surface area contributed by atoms with Gasteiger partial charge in [-0.25, -0.2) is 9.37 Å². The van der Waals surface area contributed by atoms with E-state index in [-0.39, 0.29) is 5.02 Å². The summed E-state index contributed by atoms with van der Waals surface area (Å²) in [4.78, 5) is 4.44. The number of nitrogens with one attached hydrogen (secondary N) is 1. The van der Waals surface area contributed by atoms with Crippen molar-refractivity contribution in [3.63, 3.8) is 0 Å². The maximum absolute atomic E-state index is 13.3. The van der Waals surface area contributed by atoms with E-state index in [9.17, 15) is 4.39 Å². The number of aromatic nitrogens is 1. The van der Waals surface area contributed by atoms with Gasteiger partial charge in [0.25, 0.3) is 0 Å². The summed E-state index contributed by atoms with van der Waals surface area (Å²) in [5, 5.41) is 6.70. The van der Waals surface area contributed by atoms with E-state index in [1.165, 1.54) is 23.6 Å². The molecule has 6 heteroatoms. The number of anilines is 1. The van der Waals surface area contributed by atoms with E-state index in [1.54, 1.807) is 12.1 Å². The zero-order chi connectivity index (χ0) is 15.4. The van der Waals surface area contributed by atoms with Crippen LogP contribution in [0.1, 0.15) is 5.56 Å². The average Bonchev–Trinajstić information content (AvgIpc) is 3.01. The van der Waals surface area contributed by atoms with Crippen LogP contribution in [0.3, 0.4) is 0 Å². The molecule has 0 amide bonds. The fraction of sp³-hybridized carbons (Fsp3) is 0. The molecular formula is C16H11ClFN3S. The zero-order valence-electron chi connectivity index (χ0n) is 11.3. The summed E-state index contributed by atoms with van der Waals surface area (Å²) < 4.78 is 13.3. The van der Waals surface area contributed by atoms with Crippen LogP contribution in [0.25, 0.3) is 11.3 Å². The van der Waals surface area contributed by atoms with Crippen LogP contribution in [0.5, 0.6) is 0 Å². The predicted molar refractivity (Wildman–Crippen MR) is 90.2 cm³/mol. The maximum atomic E-state index is 13.3. The molecule has 0 saturated heterocycles. The monoisotopic (exact) mass is 331 g/mol. The fourth-order valence-corrected chi connectivity index (χ4v) is 2.69. The molecule has 3 rings (SSSR count). The van der Waals surface area contributed by atoms with Gasteiger partial charge in [0.1, 0.15) is 5.82 Å². The lowest BCUT2D eigenvalue weighted by molar-refractivity contribution is 0.628. The number of nitrogens with zero attached hydrogens (tertiary/aromatic N) is 2. The van der Waals surface area contributed by atoms with Crippen LogP contribution < -0.4 is 5.43 Å². The van der Waals surface area contributed by atoms with Crippen LogP contribution in [0.2, 0.25) is 5.02 Å². The highest BCUT2D eigenvalue weighted by Gasteiger charge is 2.04. The molecule has 0 atom stereocenters. The number of hydrogen-bond donors (Lipinski definition) is 1. The lowest BCUT2D eigenvalue weighted by atomic mass is 10.2. The van der Waals surface area contributed by atoms with Crippen molar-refractivity contribution in [1.82, 2.24) is 4.98 Å². The average molecular weight is 332 g/mol. The molecule has 0 spiro atoms. The van der Waals surface area contributed by atoms with Crippen molar-refractivity contribution in [2.45, 2.75) is 0 Å². The summed E-state index contributed by atoms with van der Waals surface area (Å²) >= 11 is 7.30. The first-order valence-corrected chi connectivity index (χ1v) is 7.74. The molecule has 2 aromatic carbocycles. The van der Waals surface area contributed by atoms with Gasteiger partial charge in [0, 0.05) is 16.5 Å². The van der Waals surface area contributed by atoms with Gasteiger partial charge >= 0.3 is 0 Å². The van der Waals surface area contributed by atoms with Gasteiger partial charge in [-0.15, -0.1) is 11.3 Å². The topological polar surface area (TPSA) is 37.3 Å². The van der Waals surface area contributed by atoms with Crippen LogP contribution in [-0.4, -0.2) is 11.2 Å². The molecular weight excluding hydrogens is 321 g/mol. The largest absolute Gasteiger partial charge is 0.253 e. The van der Waals surface area contributed by atoms with Gasteiger partial charge in [-0.05, 0) is 6.07 Å². The number of benzene rings is 2. The van der Waals surface area contributed by atoms with E-state index in [4.69, 9.17) is 11.6 Å². The van der Waals surface area contributed by atoms with E-state index in [1.807, 2.05) is 35.7 Å². The van der Waals surface area contributed by atoms with Gasteiger partial charge in [0.05, 0.1) is 16.9 Å². The number of thiazole rings is 1. The first-order valence-electron chi connectivity index (χ1n) is 6.48. The Bertz CT molecular complexity index is 802. The highest BCUT2D eigenvalue weighted by atomic mass is 35.5. The van der Waals surface area contributed by atoms with Crippen molar-refractivity contribution in [1.29, 1.82) is 0 Å². The molecule has 110 valence electrons. The molecule has 1 N–H and O–H groups in total. The van der Waals surface area contributed by atoms with Crippen molar-refractivity contribution in [3.05, 3.63) is 70.3 Å². The van der Waals surface area contributed by atoms with Crippen LogP contribution >= 0.6 is 22.9 Å². The Morgan fingerprint density at radius 2 is 1.95 bits per heavy atom. The Balaban J connectivity index is 1.71. The second-order valence-corrected chi connectivity index (χ2v) is 5.65. The normalized spacial score (nSPS) is 11.0. The molecule has 0 fully saturated rings. The Kier molecular flexibility index (Phi) is 4.46. The summed E-state index contributed by atoms with van der Waals surface area (Å²) in [6, 6.07) is 14.5. The van der Waals surface area contributed by atoms with Gasteiger partial charge < -0.3 is 0 Å². The lowest BCUT2D eigenvalue weighted by Crippen LogP contribution is -1.92. The molecule has 1 aromatic heterocycles. The molecule has 0 unspecified atom stereocenters. The van der Waals surface area contributed by atoms with E-state index in [2.05, 4.69) is 15.5 Å². The van der Waals surface area contributed by atoms with Crippen molar-refractivity contribution in [2.24, 2.45) is 5.10 Å². The zero-order valence-corrected chi connectivity index (χ0v) is 12.9. The van der Waals surface area contributed by atoms with Crippen molar-refractivity contribution >= 4 is 34.3 Å². The van der Waals surface area contributed by atoms with Gasteiger partial charge in [0.2, 0.25) is 5.13 Å². The molecule has 0 aliphatic heterocycles. The second-order valence-electron chi connectivity index (χ2n) is 4.42. The number of halogens is 2.